The van der Waals surface area contributed by atoms with Crippen LogP contribution in [0.5, 0.6) is 0 Å². The Morgan fingerprint density at radius 2 is 2.23 bits per heavy atom. The van der Waals surface area contributed by atoms with E-state index < -0.39 is 4.92 Å². The van der Waals surface area contributed by atoms with Crippen molar-refractivity contribution in [1.29, 1.82) is 0 Å². The van der Waals surface area contributed by atoms with Gasteiger partial charge in [-0.05, 0) is 6.07 Å². The van der Waals surface area contributed by atoms with Crippen molar-refractivity contribution in [2.45, 2.75) is 5.16 Å². The van der Waals surface area contributed by atoms with E-state index in [1.165, 1.54) is 18.2 Å². The number of benzene rings is 1. The van der Waals surface area contributed by atoms with Crippen LogP contribution in [0.4, 0.5) is 17.3 Å². The van der Waals surface area contributed by atoms with Gasteiger partial charge in [-0.15, -0.1) is 10.2 Å². The molecule has 0 aliphatic heterocycles. The zero-order valence-corrected chi connectivity index (χ0v) is 11.9. The Kier molecular flexibility index (Phi) is 4.75. The fraction of sp³-hybridized carbons (Fsp3) is 0.100. The first-order chi connectivity index (χ1) is 10.5. The van der Waals surface area contributed by atoms with Crippen LogP contribution in [-0.2, 0) is 4.79 Å². The number of aromatic nitrogens is 3. The Morgan fingerprint density at radius 3 is 2.86 bits per heavy atom. The topological polar surface area (TPSA) is 167 Å². The molecule has 22 heavy (non-hydrogen) atoms. The monoisotopic (exact) mass is 324 g/mol. The lowest BCUT2D eigenvalue weighted by Gasteiger charge is -2.05. The highest BCUT2D eigenvalue weighted by Crippen LogP contribution is 2.19. The van der Waals surface area contributed by atoms with Gasteiger partial charge < -0.3 is 11.2 Å². The molecule has 11 nitrogen and oxygen atoms in total. The average molecular weight is 324 g/mol. The lowest BCUT2D eigenvalue weighted by molar-refractivity contribution is -0.384. The van der Waals surface area contributed by atoms with Crippen molar-refractivity contribution in [2.24, 2.45) is 5.84 Å². The van der Waals surface area contributed by atoms with Crippen LogP contribution >= 0.6 is 11.8 Å². The van der Waals surface area contributed by atoms with E-state index in [4.69, 9.17) is 11.7 Å². The second kappa shape index (κ2) is 6.73. The maximum absolute atomic E-state index is 11.8. The van der Waals surface area contributed by atoms with Gasteiger partial charge in [-0.3, -0.25) is 20.3 Å². The number of non-ortho nitro benzene ring substituents is 1. The van der Waals surface area contributed by atoms with Crippen molar-refractivity contribution >= 4 is 35.0 Å². The van der Waals surface area contributed by atoms with Crippen LogP contribution in [0.3, 0.4) is 0 Å². The summed E-state index contributed by atoms with van der Waals surface area (Å²) in [5.41, 5.74) is 2.47. The largest absolute Gasteiger partial charge is 0.334 e. The Balaban J connectivity index is 1.94. The summed E-state index contributed by atoms with van der Waals surface area (Å²) in [5.74, 6) is 10.6. The Bertz CT molecular complexity index is 703. The molecule has 2 rings (SSSR count). The maximum atomic E-state index is 11.8. The minimum absolute atomic E-state index is 0.00258. The van der Waals surface area contributed by atoms with Gasteiger partial charge in [0.25, 0.3) is 11.6 Å². The summed E-state index contributed by atoms with van der Waals surface area (Å²) in [4.78, 5) is 21.9. The quantitative estimate of drug-likeness (QED) is 0.246. The number of carbonyl (C=O) groups excluding carboxylic acids is 1. The molecule has 0 atom stereocenters. The maximum Gasteiger partial charge on any atom is 0.271 e. The van der Waals surface area contributed by atoms with Gasteiger partial charge in [-0.2, -0.15) is 0 Å². The number of carbonyl (C=O) groups is 1. The number of nitro groups is 1. The summed E-state index contributed by atoms with van der Waals surface area (Å²) >= 11 is 1.04. The summed E-state index contributed by atoms with van der Waals surface area (Å²) in [7, 11) is 0. The van der Waals surface area contributed by atoms with E-state index >= 15 is 0 Å². The first-order valence-corrected chi connectivity index (χ1v) is 6.84. The predicted molar refractivity (Wildman–Crippen MR) is 80.4 cm³/mol. The number of nitrogens with two attached hydrogens (primary N) is 2. The molecular weight excluding hydrogens is 312 g/mol. The minimum atomic E-state index is -0.539. The Morgan fingerprint density at radius 1 is 1.45 bits per heavy atom. The number of thioether (sulfide) groups is 1. The van der Waals surface area contributed by atoms with Gasteiger partial charge in [-0.1, -0.05) is 17.8 Å². The van der Waals surface area contributed by atoms with Crippen molar-refractivity contribution in [3.8, 4) is 0 Å². The predicted octanol–water partition coefficient (Wildman–Crippen LogP) is -0.0835. The van der Waals surface area contributed by atoms with E-state index in [2.05, 4.69) is 20.9 Å². The lowest BCUT2D eigenvalue weighted by atomic mass is 10.3. The van der Waals surface area contributed by atoms with Crippen LogP contribution < -0.4 is 22.4 Å². The lowest BCUT2D eigenvalue weighted by Crippen LogP contribution is -2.19. The average Bonchev–Trinajstić information content (AvgIpc) is 2.85. The summed E-state index contributed by atoms with van der Waals surface area (Å²) < 4.78 is 1.10. The van der Waals surface area contributed by atoms with E-state index in [0.29, 0.717) is 10.8 Å². The molecule has 1 heterocycles. The number of anilines is 2. The van der Waals surface area contributed by atoms with E-state index in [1.807, 2.05) is 0 Å². The number of nitro benzene ring substituents is 1. The standard InChI is InChI=1S/C10H12N8O3S/c11-14-9-15-16-10(17(9)12)22-5-8(19)13-6-2-1-3-7(4-6)18(20)21/h1-4H,5,11-12H2,(H,13,19)(H,14,15). The molecule has 0 aliphatic rings. The van der Waals surface area contributed by atoms with Gasteiger partial charge >= 0.3 is 0 Å². The molecule has 116 valence electrons. The SMILES string of the molecule is NNc1nnc(SCC(=O)Nc2cccc([N+](=O)[O-])c2)n1N. The Labute approximate surface area is 128 Å². The fourth-order valence-electron chi connectivity index (χ4n) is 1.50. The molecular formula is C10H12N8O3S. The van der Waals surface area contributed by atoms with Crippen LogP contribution in [0.25, 0.3) is 0 Å². The van der Waals surface area contributed by atoms with Crippen molar-refractivity contribution in [2.75, 3.05) is 22.3 Å². The third kappa shape index (κ3) is 3.62. The first kappa shape index (κ1) is 15.5. The van der Waals surface area contributed by atoms with Gasteiger partial charge in [-0.25, -0.2) is 10.5 Å². The number of rotatable bonds is 6. The van der Waals surface area contributed by atoms with Gasteiger partial charge in [0.05, 0.1) is 10.7 Å². The number of nitrogens with one attached hydrogen (secondary N) is 2. The highest BCUT2D eigenvalue weighted by atomic mass is 32.2. The molecule has 0 aliphatic carbocycles. The number of nitrogens with zero attached hydrogens (tertiary/aromatic N) is 4. The van der Waals surface area contributed by atoms with Crippen LogP contribution in [0.2, 0.25) is 0 Å². The van der Waals surface area contributed by atoms with Gasteiger partial charge in [0.1, 0.15) is 0 Å². The van der Waals surface area contributed by atoms with Gasteiger partial charge in [0.2, 0.25) is 11.1 Å². The third-order valence-corrected chi connectivity index (χ3v) is 3.41. The number of amides is 1. The van der Waals surface area contributed by atoms with Crippen LogP contribution in [0.1, 0.15) is 0 Å². The summed E-state index contributed by atoms with van der Waals surface area (Å²) in [6, 6.07) is 5.64. The molecule has 0 unspecified atom stereocenters. The first-order valence-electron chi connectivity index (χ1n) is 5.85. The van der Waals surface area contributed by atoms with Crippen molar-refractivity contribution in [3.05, 3.63) is 34.4 Å². The van der Waals surface area contributed by atoms with Crippen molar-refractivity contribution in [1.82, 2.24) is 14.9 Å². The minimum Gasteiger partial charge on any atom is -0.334 e. The van der Waals surface area contributed by atoms with E-state index in [1.54, 1.807) is 6.07 Å². The highest BCUT2D eigenvalue weighted by molar-refractivity contribution is 7.99. The van der Waals surface area contributed by atoms with Crippen molar-refractivity contribution in [3.63, 3.8) is 0 Å². The van der Waals surface area contributed by atoms with Crippen LogP contribution in [0, 0.1) is 10.1 Å². The molecule has 0 saturated heterocycles. The van der Waals surface area contributed by atoms with E-state index in [0.717, 1.165) is 16.4 Å². The summed E-state index contributed by atoms with van der Waals surface area (Å²) in [6.07, 6.45) is 0. The molecule has 1 amide bonds. The second-order valence-corrected chi connectivity index (χ2v) is 4.91. The number of nitrogen functional groups attached to an aromatic ring is 2. The molecule has 6 N–H and O–H groups in total. The van der Waals surface area contributed by atoms with Gasteiger partial charge in [0, 0.05) is 17.8 Å². The highest BCUT2D eigenvalue weighted by Gasteiger charge is 2.12. The normalized spacial score (nSPS) is 10.2. The molecule has 12 heteroatoms. The smallest absolute Gasteiger partial charge is 0.271 e. The third-order valence-electron chi connectivity index (χ3n) is 2.47. The van der Waals surface area contributed by atoms with E-state index in [9.17, 15) is 14.9 Å². The van der Waals surface area contributed by atoms with Gasteiger partial charge in [0.15, 0.2) is 0 Å². The summed E-state index contributed by atoms with van der Waals surface area (Å²) in [6.45, 7) is 0. The molecule has 1 aromatic carbocycles. The molecule has 0 fully saturated rings. The van der Waals surface area contributed by atoms with Crippen molar-refractivity contribution < 1.29 is 9.72 Å². The second-order valence-electron chi connectivity index (χ2n) is 3.96. The molecule has 0 saturated carbocycles. The zero-order chi connectivity index (χ0) is 16.1. The molecule has 0 spiro atoms. The molecule has 1 aromatic heterocycles. The summed E-state index contributed by atoms with van der Waals surface area (Å²) in [5, 5.41) is 20.9. The fourth-order valence-corrected chi connectivity index (χ4v) is 2.15. The van der Waals surface area contributed by atoms with Crippen LogP contribution in [0.15, 0.2) is 29.4 Å². The number of hydrogen-bond acceptors (Lipinski definition) is 9. The molecule has 2 aromatic rings. The number of hydrazine groups is 1. The zero-order valence-electron chi connectivity index (χ0n) is 11.1. The Hall–Kier alpha value is -2.86. The molecule has 0 bridgehead atoms. The van der Waals surface area contributed by atoms with Crippen LogP contribution in [-0.4, -0.2) is 31.5 Å². The van der Waals surface area contributed by atoms with E-state index in [-0.39, 0.29) is 23.3 Å². The number of hydrogen-bond donors (Lipinski definition) is 4. The molecule has 0 radical (unpaired) electrons.